The zero-order valence-electron chi connectivity index (χ0n) is 13.3. The lowest BCUT2D eigenvalue weighted by Gasteiger charge is -2.29. The van der Waals surface area contributed by atoms with Crippen LogP contribution in [0, 0.1) is 0 Å². The standard InChI is InChI=1S/C15H26N4O2/c1-10(2)15-16-6-14(13(9-20)17-15)19-8-12(21)5-11(19)7-18(3)4/h6,10-12,20-21H,5,7-9H2,1-4H3. The lowest BCUT2D eigenvalue weighted by molar-refractivity contribution is 0.191. The number of anilines is 1. The highest BCUT2D eigenvalue weighted by Crippen LogP contribution is 2.28. The Labute approximate surface area is 126 Å². The maximum atomic E-state index is 9.99. The van der Waals surface area contributed by atoms with Gasteiger partial charge in [0.2, 0.25) is 0 Å². The second-order valence-corrected chi connectivity index (χ2v) is 6.33. The van der Waals surface area contributed by atoms with Crippen LogP contribution < -0.4 is 4.90 Å². The molecule has 1 fully saturated rings. The van der Waals surface area contributed by atoms with Crippen LogP contribution in [0.2, 0.25) is 0 Å². The molecule has 0 bridgehead atoms. The molecule has 2 atom stereocenters. The number of hydrogen-bond donors (Lipinski definition) is 2. The van der Waals surface area contributed by atoms with E-state index in [0.717, 1.165) is 24.5 Å². The summed E-state index contributed by atoms with van der Waals surface area (Å²) in [6, 6.07) is 0.216. The maximum absolute atomic E-state index is 9.99. The van der Waals surface area contributed by atoms with Crippen molar-refractivity contribution in [1.29, 1.82) is 0 Å². The lowest BCUT2D eigenvalue weighted by atomic mass is 10.1. The van der Waals surface area contributed by atoms with Gasteiger partial charge in [0.05, 0.1) is 30.3 Å². The van der Waals surface area contributed by atoms with Crippen molar-refractivity contribution in [1.82, 2.24) is 14.9 Å². The Balaban J connectivity index is 2.30. The van der Waals surface area contributed by atoms with Crippen LogP contribution in [0.25, 0.3) is 0 Å². The van der Waals surface area contributed by atoms with Crippen molar-refractivity contribution in [3.05, 3.63) is 17.7 Å². The molecule has 1 aromatic rings. The van der Waals surface area contributed by atoms with Crippen LogP contribution in [-0.4, -0.2) is 64.4 Å². The number of aliphatic hydroxyl groups excluding tert-OH is 2. The summed E-state index contributed by atoms with van der Waals surface area (Å²) in [7, 11) is 4.04. The van der Waals surface area contributed by atoms with Gasteiger partial charge in [0.15, 0.2) is 0 Å². The molecule has 0 aliphatic carbocycles. The van der Waals surface area contributed by atoms with Gasteiger partial charge in [-0.25, -0.2) is 9.97 Å². The van der Waals surface area contributed by atoms with Gasteiger partial charge in [0.1, 0.15) is 5.82 Å². The Hall–Kier alpha value is -1.24. The molecule has 2 heterocycles. The molecule has 2 rings (SSSR count). The Morgan fingerprint density at radius 2 is 2.14 bits per heavy atom. The van der Waals surface area contributed by atoms with Crippen LogP contribution in [0.3, 0.4) is 0 Å². The zero-order chi connectivity index (χ0) is 15.6. The molecule has 1 aliphatic rings. The van der Waals surface area contributed by atoms with Crippen LogP contribution in [0.4, 0.5) is 5.69 Å². The molecule has 1 saturated heterocycles. The van der Waals surface area contributed by atoms with E-state index in [0.29, 0.717) is 12.2 Å². The van der Waals surface area contributed by atoms with Gasteiger partial charge in [-0.15, -0.1) is 0 Å². The smallest absolute Gasteiger partial charge is 0.131 e. The van der Waals surface area contributed by atoms with Crippen LogP contribution in [0.1, 0.15) is 37.7 Å². The molecular weight excluding hydrogens is 268 g/mol. The van der Waals surface area contributed by atoms with E-state index in [4.69, 9.17) is 0 Å². The van der Waals surface area contributed by atoms with Crippen LogP contribution >= 0.6 is 0 Å². The SMILES string of the molecule is CC(C)c1ncc(N2CC(O)CC2CN(C)C)c(CO)n1. The van der Waals surface area contributed by atoms with Crippen molar-refractivity contribution in [2.45, 2.75) is 44.9 Å². The van der Waals surface area contributed by atoms with E-state index in [1.165, 1.54) is 0 Å². The van der Waals surface area contributed by atoms with Gasteiger partial charge in [0, 0.05) is 25.0 Å². The van der Waals surface area contributed by atoms with Gasteiger partial charge in [-0.1, -0.05) is 13.8 Å². The number of aromatic nitrogens is 2. The number of hydrogen-bond acceptors (Lipinski definition) is 6. The van der Waals surface area contributed by atoms with Gasteiger partial charge < -0.3 is 20.0 Å². The summed E-state index contributed by atoms with van der Waals surface area (Å²) in [5.41, 5.74) is 1.48. The third-order valence-corrected chi connectivity index (χ3v) is 3.81. The van der Waals surface area contributed by atoms with Crippen LogP contribution in [0.15, 0.2) is 6.20 Å². The van der Waals surface area contributed by atoms with Gasteiger partial charge >= 0.3 is 0 Å². The fourth-order valence-corrected chi connectivity index (χ4v) is 2.84. The second-order valence-electron chi connectivity index (χ2n) is 6.33. The minimum atomic E-state index is -0.341. The maximum Gasteiger partial charge on any atom is 0.131 e. The predicted molar refractivity (Wildman–Crippen MR) is 82.4 cm³/mol. The first-order valence-corrected chi connectivity index (χ1v) is 7.48. The summed E-state index contributed by atoms with van der Waals surface area (Å²) in [5, 5.41) is 19.6. The van der Waals surface area contributed by atoms with Crippen molar-refractivity contribution >= 4 is 5.69 Å². The summed E-state index contributed by atoms with van der Waals surface area (Å²) in [4.78, 5) is 13.1. The molecular formula is C15H26N4O2. The van der Waals surface area contributed by atoms with E-state index in [2.05, 4.69) is 19.8 Å². The lowest BCUT2D eigenvalue weighted by Crippen LogP contribution is -2.38. The zero-order valence-corrected chi connectivity index (χ0v) is 13.3. The summed E-state index contributed by atoms with van der Waals surface area (Å²) in [6.45, 7) is 5.37. The molecule has 0 amide bonds. The summed E-state index contributed by atoms with van der Waals surface area (Å²) < 4.78 is 0. The highest BCUT2D eigenvalue weighted by Gasteiger charge is 2.33. The molecule has 0 saturated carbocycles. The van der Waals surface area contributed by atoms with E-state index in [9.17, 15) is 10.2 Å². The number of likely N-dealkylation sites (N-methyl/N-ethyl adjacent to an activating group) is 1. The highest BCUT2D eigenvalue weighted by molar-refractivity contribution is 5.51. The molecule has 2 N–H and O–H groups in total. The fraction of sp³-hybridized carbons (Fsp3) is 0.733. The van der Waals surface area contributed by atoms with E-state index in [1.807, 2.05) is 27.9 Å². The van der Waals surface area contributed by atoms with E-state index < -0.39 is 0 Å². The molecule has 0 spiro atoms. The van der Waals surface area contributed by atoms with Gasteiger partial charge in [-0.05, 0) is 20.5 Å². The first-order chi connectivity index (χ1) is 9.92. The Bertz CT molecular complexity index is 479. The number of rotatable bonds is 5. The van der Waals surface area contributed by atoms with Crippen molar-refractivity contribution < 1.29 is 10.2 Å². The molecule has 6 nitrogen and oxygen atoms in total. The molecule has 0 radical (unpaired) electrons. The minimum Gasteiger partial charge on any atom is -0.391 e. The Kier molecular flexibility index (Phi) is 5.13. The molecule has 0 aromatic carbocycles. The fourth-order valence-electron chi connectivity index (χ4n) is 2.84. The normalized spacial score (nSPS) is 22.6. The summed E-state index contributed by atoms with van der Waals surface area (Å²) >= 11 is 0. The van der Waals surface area contributed by atoms with Gasteiger partial charge in [0.25, 0.3) is 0 Å². The molecule has 1 aromatic heterocycles. The average molecular weight is 294 g/mol. The molecule has 1 aliphatic heterocycles. The average Bonchev–Trinajstić information content (AvgIpc) is 2.77. The van der Waals surface area contributed by atoms with Crippen molar-refractivity contribution in [2.24, 2.45) is 0 Å². The number of aliphatic hydroxyl groups is 2. The topological polar surface area (TPSA) is 72.7 Å². The van der Waals surface area contributed by atoms with Crippen LogP contribution in [-0.2, 0) is 6.61 Å². The first kappa shape index (κ1) is 16.1. The Morgan fingerprint density at radius 1 is 1.43 bits per heavy atom. The first-order valence-electron chi connectivity index (χ1n) is 7.48. The van der Waals surface area contributed by atoms with E-state index in [-0.39, 0.29) is 24.7 Å². The number of β-amino-alcohol motifs (C(OH)–C–C–N with tert-alkyl or cyclic N) is 1. The number of nitrogens with zero attached hydrogens (tertiary/aromatic N) is 4. The summed E-state index contributed by atoms with van der Waals surface area (Å²) in [6.07, 6.45) is 2.18. The predicted octanol–water partition coefficient (Wildman–Crippen LogP) is 0.594. The molecule has 118 valence electrons. The molecule has 21 heavy (non-hydrogen) atoms. The third kappa shape index (κ3) is 3.70. The second kappa shape index (κ2) is 6.68. The van der Waals surface area contributed by atoms with Crippen molar-refractivity contribution in [3.63, 3.8) is 0 Å². The largest absolute Gasteiger partial charge is 0.391 e. The van der Waals surface area contributed by atoms with Crippen molar-refractivity contribution in [3.8, 4) is 0 Å². The van der Waals surface area contributed by atoms with E-state index >= 15 is 0 Å². The van der Waals surface area contributed by atoms with Gasteiger partial charge in [-0.3, -0.25) is 0 Å². The quantitative estimate of drug-likeness (QED) is 0.828. The highest BCUT2D eigenvalue weighted by atomic mass is 16.3. The van der Waals surface area contributed by atoms with Gasteiger partial charge in [-0.2, -0.15) is 0 Å². The minimum absolute atomic E-state index is 0.112. The Morgan fingerprint density at radius 3 is 2.71 bits per heavy atom. The molecule has 2 unspecified atom stereocenters. The summed E-state index contributed by atoms with van der Waals surface area (Å²) in [5.74, 6) is 0.970. The van der Waals surface area contributed by atoms with E-state index in [1.54, 1.807) is 6.20 Å². The molecule has 6 heteroatoms. The third-order valence-electron chi connectivity index (χ3n) is 3.81. The van der Waals surface area contributed by atoms with Crippen LogP contribution in [0.5, 0.6) is 0 Å². The van der Waals surface area contributed by atoms with Crippen molar-refractivity contribution in [2.75, 3.05) is 32.1 Å². The monoisotopic (exact) mass is 294 g/mol.